The summed E-state index contributed by atoms with van der Waals surface area (Å²) >= 11 is 3.36. The Morgan fingerprint density at radius 2 is 2.06 bits per heavy atom. The van der Waals surface area contributed by atoms with Crippen LogP contribution in [0.25, 0.3) is 0 Å². The highest BCUT2D eigenvalue weighted by molar-refractivity contribution is 9.09. The second kappa shape index (κ2) is 6.53. The molecule has 0 saturated carbocycles. The van der Waals surface area contributed by atoms with Crippen LogP contribution in [0, 0.1) is 0 Å². The number of phenols is 1. The summed E-state index contributed by atoms with van der Waals surface area (Å²) in [5.74, 6) is 0.0750. The van der Waals surface area contributed by atoms with Gasteiger partial charge < -0.3 is 10.4 Å². The predicted molar refractivity (Wildman–Crippen MR) is 68.1 cm³/mol. The van der Waals surface area contributed by atoms with Crippen LogP contribution in [0.15, 0.2) is 24.3 Å². The Bertz CT molecular complexity index is 337. The van der Waals surface area contributed by atoms with Crippen LogP contribution in [0.2, 0.25) is 0 Å². The molecule has 0 fully saturated rings. The summed E-state index contributed by atoms with van der Waals surface area (Å²) in [6.45, 7) is 1.99. The van der Waals surface area contributed by atoms with Crippen molar-refractivity contribution in [3.05, 3.63) is 29.8 Å². The van der Waals surface area contributed by atoms with E-state index in [1.807, 2.05) is 6.92 Å². The fourth-order valence-corrected chi connectivity index (χ4v) is 1.70. The Morgan fingerprint density at radius 1 is 1.44 bits per heavy atom. The first-order chi connectivity index (χ1) is 7.63. The highest BCUT2D eigenvalue weighted by atomic mass is 79.9. The fourth-order valence-electron chi connectivity index (χ4n) is 1.38. The molecule has 2 N–H and O–H groups in total. The minimum absolute atomic E-state index is 0.0953. The van der Waals surface area contributed by atoms with Crippen LogP contribution in [0.4, 0.5) is 0 Å². The normalized spacial score (nSPS) is 12.1. The van der Waals surface area contributed by atoms with E-state index in [-0.39, 0.29) is 17.7 Å². The van der Waals surface area contributed by atoms with E-state index in [0.717, 1.165) is 18.2 Å². The molecule has 0 aliphatic rings. The smallest absolute Gasteiger partial charge is 0.251 e. The van der Waals surface area contributed by atoms with Crippen LogP contribution >= 0.6 is 15.9 Å². The average Bonchev–Trinajstić information content (AvgIpc) is 2.27. The number of phenolic OH excluding ortho intramolecular Hbond substituents is 1. The van der Waals surface area contributed by atoms with Gasteiger partial charge in [0, 0.05) is 16.9 Å². The van der Waals surface area contributed by atoms with Crippen molar-refractivity contribution in [3.63, 3.8) is 0 Å². The Balaban J connectivity index is 2.48. The minimum Gasteiger partial charge on any atom is -0.508 e. The first kappa shape index (κ1) is 13.0. The van der Waals surface area contributed by atoms with Gasteiger partial charge in [-0.05, 0) is 44.0 Å². The maximum absolute atomic E-state index is 11.7. The monoisotopic (exact) mass is 285 g/mol. The van der Waals surface area contributed by atoms with Crippen molar-refractivity contribution in [2.75, 3.05) is 5.33 Å². The lowest BCUT2D eigenvalue weighted by molar-refractivity contribution is 0.0938. The maximum Gasteiger partial charge on any atom is 0.251 e. The molecule has 0 aromatic heterocycles. The van der Waals surface area contributed by atoms with Gasteiger partial charge in [-0.15, -0.1) is 0 Å². The topological polar surface area (TPSA) is 49.3 Å². The molecule has 1 aromatic carbocycles. The minimum atomic E-state index is -0.0953. The van der Waals surface area contributed by atoms with Crippen LogP contribution in [0.3, 0.4) is 0 Å². The number of carbonyl (C=O) groups excluding carboxylic acids is 1. The van der Waals surface area contributed by atoms with Crippen LogP contribution in [-0.4, -0.2) is 22.4 Å². The molecule has 88 valence electrons. The summed E-state index contributed by atoms with van der Waals surface area (Å²) in [5, 5.41) is 13.0. The van der Waals surface area contributed by atoms with Gasteiger partial charge in [0.1, 0.15) is 5.75 Å². The molecule has 1 atom stereocenters. The highest BCUT2D eigenvalue weighted by Crippen LogP contribution is 2.10. The molecular weight excluding hydrogens is 270 g/mol. The average molecular weight is 286 g/mol. The molecule has 0 aliphatic heterocycles. The molecule has 1 rings (SSSR count). The lowest BCUT2D eigenvalue weighted by Crippen LogP contribution is -2.32. The molecule has 0 spiro atoms. The number of halogens is 1. The summed E-state index contributed by atoms with van der Waals surface area (Å²) in [7, 11) is 0. The van der Waals surface area contributed by atoms with Gasteiger partial charge >= 0.3 is 0 Å². The van der Waals surface area contributed by atoms with E-state index in [1.54, 1.807) is 12.1 Å². The molecule has 0 saturated heterocycles. The highest BCUT2D eigenvalue weighted by Gasteiger charge is 2.08. The van der Waals surface area contributed by atoms with Crippen LogP contribution in [0.5, 0.6) is 5.75 Å². The van der Waals surface area contributed by atoms with Crippen molar-refractivity contribution in [1.82, 2.24) is 5.32 Å². The lowest BCUT2D eigenvalue weighted by Gasteiger charge is -2.13. The third-order valence-electron chi connectivity index (χ3n) is 2.28. The van der Waals surface area contributed by atoms with Crippen LogP contribution < -0.4 is 5.32 Å². The molecule has 3 nitrogen and oxygen atoms in total. The third kappa shape index (κ3) is 4.23. The van der Waals surface area contributed by atoms with Gasteiger partial charge in [-0.1, -0.05) is 15.9 Å². The Kier molecular flexibility index (Phi) is 5.32. The van der Waals surface area contributed by atoms with Crippen molar-refractivity contribution >= 4 is 21.8 Å². The zero-order valence-electron chi connectivity index (χ0n) is 9.24. The van der Waals surface area contributed by atoms with E-state index in [2.05, 4.69) is 21.2 Å². The number of aromatic hydroxyl groups is 1. The molecule has 16 heavy (non-hydrogen) atoms. The van der Waals surface area contributed by atoms with Gasteiger partial charge in [-0.2, -0.15) is 0 Å². The first-order valence-electron chi connectivity index (χ1n) is 5.29. The number of amides is 1. The maximum atomic E-state index is 11.7. The molecule has 0 heterocycles. The number of hydrogen-bond acceptors (Lipinski definition) is 2. The van der Waals surface area contributed by atoms with E-state index in [1.165, 1.54) is 12.1 Å². The number of carbonyl (C=O) groups is 1. The Labute approximate surface area is 104 Å². The van der Waals surface area contributed by atoms with Gasteiger partial charge in [-0.25, -0.2) is 0 Å². The van der Waals surface area contributed by atoms with E-state index in [4.69, 9.17) is 5.11 Å². The van der Waals surface area contributed by atoms with Crippen molar-refractivity contribution < 1.29 is 9.90 Å². The van der Waals surface area contributed by atoms with Gasteiger partial charge in [0.05, 0.1) is 0 Å². The number of hydrogen-bond donors (Lipinski definition) is 2. The van der Waals surface area contributed by atoms with Crippen molar-refractivity contribution in [2.24, 2.45) is 0 Å². The van der Waals surface area contributed by atoms with E-state index >= 15 is 0 Å². The number of nitrogens with one attached hydrogen (secondary N) is 1. The Hall–Kier alpha value is -1.03. The van der Waals surface area contributed by atoms with Crippen molar-refractivity contribution in [3.8, 4) is 5.75 Å². The molecule has 1 aromatic rings. The van der Waals surface area contributed by atoms with Gasteiger partial charge in [0.25, 0.3) is 5.91 Å². The largest absolute Gasteiger partial charge is 0.508 e. The molecule has 0 aliphatic carbocycles. The van der Waals surface area contributed by atoms with Crippen LogP contribution in [-0.2, 0) is 0 Å². The van der Waals surface area contributed by atoms with Gasteiger partial charge in [-0.3, -0.25) is 4.79 Å². The van der Waals surface area contributed by atoms with Gasteiger partial charge in [0.15, 0.2) is 0 Å². The zero-order valence-corrected chi connectivity index (χ0v) is 10.8. The van der Waals surface area contributed by atoms with Crippen molar-refractivity contribution in [2.45, 2.75) is 25.8 Å². The summed E-state index contributed by atoms with van der Waals surface area (Å²) < 4.78 is 0. The predicted octanol–water partition coefficient (Wildman–Crippen LogP) is 2.69. The lowest BCUT2D eigenvalue weighted by atomic mass is 10.1. The van der Waals surface area contributed by atoms with E-state index < -0.39 is 0 Å². The first-order valence-corrected chi connectivity index (χ1v) is 6.41. The zero-order chi connectivity index (χ0) is 12.0. The van der Waals surface area contributed by atoms with E-state index in [0.29, 0.717) is 5.56 Å². The summed E-state index contributed by atoms with van der Waals surface area (Å²) in [6.07, 6.45) is 1.99. The van der Waals surface area contributed by atoms with Gasteiger partial charge in [0.2, 0.25) is 0 Å². The Morgan fingerprint density at radius 3 is 2.62 bits per heavy atom. The second-order valence-corrected chi connectivity index (χ2v) is 4.55. The standard InChI is InChI=1S/C12H16BrNO2/c1-9(3-2-8-13)14-12(16)10-4-6-11(15)7-5-10/h4-7,9,15H,2-3,8H2,1H3,(H,14,16). The molecule has 0 bridgehead atoms. The van der Waals surface area contributed by atoms with Crippen molar-refractivity contribution in [1.29, 1.82) is 0 Å². The third-order valence-corrected chi connectivity index (χ3v) is 2.84. The summed E-state index contributed by atoms with van der Waals surface area (Å²) in [4.78, 5) is 11.7. The number of alkyl halides is 1. The summed E-state index contributed by atoms with van der Waals surface area (Å²) in [6, 6.07) is 6.42. The molecule has 1 unspecified atom stereocenters. The molecule has 4 heteroatoms. The molecule has 0 radical (unpaired) electrons. The molecular formula is C12H16BrNO2. The molecule has 1 amide bonds. The van der Waals surface area contributed by atoms with E-state index in [9.17, 15) is 4.79 Å². The summed E-state index contributed by atoms with van der Waals surface area (Å²) in [5.41, 5.74) is 0.573. The fraction of sp³-hybridized carbons (Fsp3) is 0.417. The number of benzene rings is 1. The SMILES string of the molecule is CC(CCCBr)NC(=O)c1ccc(O)cc1. The second-order valence-electron chi connectivity index (χ2n) is 3.75. The number of rotatable bonds is 5. The van der Waals surface area contributed by atoms with Crippen LogP contribution in [0.1, 0.15) is 30.1 Å². The quantitative estimate of drug-likeness (QED) is 0.818.